The summed E-state index contributed by atoms with van der Waals surface area (Å²) in [6.07, 6.45) is 2.65. The molecule has 1 amide bonds. The van der Waals surface area contributed by atoms with Crippen molar-refractivity contribution in [1.29, 1.82) is 0 Å². The van der Waals surface area contributed by atoms with Crippen molar-refractivity contribution < 1.29 is 18.3 Å². The lowest BCUT2D eigenvalue weighted by atomic mass is 10.1. The number of carbonyl (C=O) groups is 1. The van der Waals surface area contributed by atoms with Gasteiger partial charge in [0.05, 0.1) is 31.8 Å². The summed E-state index contributed by atoms with van der Waals surface area (Å²) in [6.45, 7) is 2.19. The summed E-state index contributed by atoms with van der Waals surface area (Å²) in [7, 11) is 1.56. The number of alkyl halides is 2. The fourth-order valence-electron chi connectivity index (χ4n) is 3.50. The molecule has 8 heteroatoms. The molecule has 0 N–H and O–H groups in total. The van der Waals surface area contributed by atoms with Crippen molar-refractivity contribution in [2.75, 3.05) is 33.4 Å². The molecule has 0 bridgehead atoms. The van der Waals surface area contributed by atoms with E-state index in [0.29, 0.717) is 39.2 Å². The molecular weight excluding hydrogens is 318 g/mol. The summed E-state index contributed by atoms with van der Waals surface area (Å²) in [5.41, 5.74) is 0.981. The zero-order valence-corrected chi connectivity index (χ0v) is 14.0. The molecule has 3 heterocycles. The van der Waals surface area contributed by atoms with Gasteiger partial charge >= 0.3 is 0 Å². The van der Waals surface area contributed by atoms with E-state index in [9.17, 15) is 13.6 Å². The second-order valence-electron chi connectivity index (χ2n) is 6.59. The summed E-state index contributed by atoms with van der Waals surface area (Å²) >= 11 is 0. The molecular formula is C16H24F2N4O2. The Kier molecular flexibility index (Phi) is 5.15. The first-order valence-electron chi connectivity index (χ1n) is 8.38. The minimum absolute atomic E-state index is 0.00228. The molecule has 134 valence electrons. The maximum atomic E-state index is 13.5. The zero-order valence-electron chi connectivity index (χ0n) is 14.0. The fraction of sp³-hybridized carbons (Fsp3) is 0.750. The van der Waals surface area contributed by atoms with Crippen LogP contribution >= 0.6 is 0 Å². The van der Waals surface area contributed by atoms with E-state index in [4.69, 9.17) is 4.74 Å². The van der Waals surface area contributed by atoms with Gasteiger partial charge in [-0.25, -0.2) is 8.78 Å². The third-order valence-corrected chi connectivity index (χ3v) is 4.81. The Bertz CT molecular complexity index is 578. The molecule has 0 radical (unpaired) electrons. The third-order valence-electron chi connectivity index (χ3n) is 4.81. The van der Waals surface area contributed by atoms with Crippen molar-refractivity contribution in [3.63, 3.8) is 0 Å². The summed E-state index contributed by atoms with van der Waals surface area (Å²) in [5.74, 6) is -2.61. The number of hydrogen-bond acceptors (Lipinski definition) is 4. The minimum atomic E-state index is -2.61. The summed E-state index contributed by atoms with van der Waals surface area (Å²) in [6, 6.07) is 1.83. The Balaban J connectivity index is 1.72. The lowest BCUT2D eigenvalue weighted by molar-refractivity contribution is -0.135. The van der Waals surface area contributed by atoms with E-state index >= 15 is 0 Å². The van der Waals surface area contributed by atoms with Gasteiger partial charge in [0.1, 0.15) is 0 Å². The quantitative estimate of drug-likeness (QED) is 0.811. The number of carbonyl (C=O) groups excluding carboxylic acids is 1. The monoisotopic (exact) mass is 342 g/mol. The number of aryl methyl sites for hydroxylation is 1. The molecule has 0 unspecified atom stereocenters. The lowest BCUT2D eigenvalue weighted by Crippen LogP contribution is -2.46. The zero-order chi connectivity index (χ0) is 17.2. The van der Waals surface area contributed by atoms with Crippen LogP contribution < -0.4 is 0 Å². The van der Waals surface area contributed by atoms with E-state index in [2.05, 4.69) is 5.10 Å². The number of ether oxygens (including phenoxy) is 1. The number of amides is 1. The highest BCUT2D eigenvalue weighted by atomic mass is 19.3. The van der Waals surface area contributed by atoms with Crippen molar-refractivity contribution in [2.45, 2.75) is 44.3 Å². The molecule has 1 atom stereocenters. The van der Waals surface area contributed by atoms with E-state index in [1.165, 1.54) is 0 Å². The number of rotatable bonds is 5. The Morgan fingerprint density at radius 1 is 1.46 bits per heavy atom. The van der Waals surface area contributed by atoms with Gasteiger partial charge in [-0.2, -0.15) is 5.10 Å². The smallest absolute Gasteiger partial charge is 0.261 e. The first-order valence-corrected chi connectivity index (χ1v) is 8.38. The van der Waals surface area contributed by atoms with Crippen LogP contribution in [-0.4, -0.2) is 70.8 Å². The number of hydrogen-bond donors (Lipinski definition) is 0. The maximum Gasteiger partial charge on any atom is 0.261 e. The standard InChI is InChI=1S/C16H24F2N4O2/c1-24-9-4-15(23)21-11-14-2-6-19-22(14)7-3-13(21)10-20-8-5-16(17,18)12-20/h2,6,13H,3-5,7-12H2,1H3/t13-/m0/s1. The van der Waals surface area contributed by atoms with E-state index in [-0.39, 0.29) is 24.9 Å². The van der Waals surface area contributed by atoms with Gasteiger partial charge < -0.3 is 9.64 Å². The number of nitrogens with zero attached hydrogens (tertiary/aromatic N) is 4. The van der Waals surface area contributed by atoms with E-state index < -0.39 is 5.92 Å². The lowest BCUT2D eigenvalue weighted by Gasteiger charge is -2.32. The Morgan fingerprint density at radius 2 is 2.29 bits per heavy atom. The molecule has 1 aromatic heterocycles. The average Bonchev–Trinajstić information content (AvgIpc) is 3.08. The topological polar surface area (TPSA) is 50.6 Å². The van der Waals surface area contributed by atoms with Crippen molar-refractivity contribution in [1.82, 2.24) is 19.6 Å². The van der Waals surface area contributed by atoms with Crippen LogP contribution in [-0.2, 0) is 22.6 Å². The highest BCUT2D eigenvalue weighted by Gasteiger charge is 2.40. The average molecular weight is 342 g/mol. The molecule has 0 spiro atoms. The highest BCUT2D eigenvalue weighted by molar-refractivity contribution is 5.76. The number of likely N-dealkylation sites (tertiary alicyclic amines) is 1. The SMILES string of the molecule is COCCC(=O)N1Cc2ccnn2CC[C@H]1CN1CCC(F)(F)C1. The second-order valence-corrected chi connectivity index (χ2v) is 6.59. The van der Waals surface area contributed by atoms with Gasteiger partial charge in [0.25, 0.3) is 5.92 Å². The molecule has 0 aromatic carbocycles. The molecule has 6 nitrogen and oxygen atoms in total. The van der Waals surface area contributed by atoms with Crippen molar-refractivity contribution in [2.24, 2.45) is 0 Å². The van der Waals surface area contributed by atoms with E-state index in [1.807, 2.05) is 15.6 Å². The Morgan fingerprint density at radius 3 is 3.00 bits per heavy atom. The van der Waals surface area contributed by atoms with Crippen LogP contribution in [0.2, 0.25) is 0 Å². The first-order chi connectivity index (χ1) is 11.5. The molecule has 3 rings (SSSR count). The van der Waals surface area contributed by atoms with Crippen molar-refractivity contribution >= 4 is 5.91 Å². The molecule has 2 aliphatic rings. The summed E-state index contributed by atoms with van der Waals surface area (Å²) in [5, 5.41) is 4.28. The third kappa shape index (κ3) is 3.92. The van der Waals surface area contributed by atoms with Gasteiger partial charge in [0.15, 0.2) is 0 Å². The predicted octanol–water partition coefficient (Wildman–Crippen LogP) is 1.36. The summed E-state index contributed by atoms with van der Waals surface area (Å²) < 4.78 is 33.8. The summed E-state index contributed by atoms with van der Waals surface area (Å²) in [4.78, 5) is 16.2. The van der Waals surface area contributed by atoms with Gasteiger partial charge in [0.2, 0.25) is 5.91 Å². The largest absolute Gasteiger partial charge is 0.384 e. The van der Waals surface area contributed by atoms with Crippen LogP contribution in [0.3, 0.4) is 0 Å². The number of methoxy groups -OCH3 is 1. The van der Waals surface area contributed by atoms with Crippen LogP contribution in [0.25, 0.3) is 0 Å². The van der Waals surface area contributed by atoms with Gasteiger partial charge in [-0.1, -0.05) is 0 Å². The van der Waals surface area contributed by atoms with Gasteiger partial charge in [-0.15, -0.1) is 0 Å². The van der Waals surface area contributed by atoms with Gasteiger partial charge in [-0.3, -0.25) is 14.4 Å². The van der Waals surface area contributed by atoms with Gasteiger partial charge in [0, 0.05) is 45.4 Å². The number of aromatic nitrogens is 2. The van der Waals surface area contributed by atoms with Crippen molar-refractivity contribution in [3.8, 4) is 0 Å². The normalized spacial score (nSPS) is 24.0. The molecule has 0 aliphatic carbocycles. The molecule has 24 heavy (non-hydrogen) atoms. The Hall–Kier alpha value is -1.54. The molecule has 2 aliphatic heterocycles. The van der Waals surface area contributed by atoms with Gasteiger partial charge in [-0.05, 0) is 12.5 Å². The molecule has 1 saturated heterocycles. The van der Waals surface area contributed by atoms with Crippen LogP contribution in [0.5, 0.6) is 0 Å². The van der Waals surface area contributed by atoms with E-state index in [0.717, 1.165) is 12.1 Å². The number of halogens is 2. The highest BCUT2D eigenvalue weighted by Crippen LogP contribution is 2.28. The molecule has 0 saturated carbocycles. The maximum absolute atomic E-state index is 13.5. The number of fused-ring (bicyclic) bond motifs is 1. The first kappa shape index (κ1) is 17.3. The predicted molar refractivity (Wildman–Crippen MR) is 83.7 cm³/mol. The second kappa shape index (κ2) is 7.14. The van der Waals surface area contributed by atoms with Crippen LogP contribution in [0.1, 0.15) is 25.0 Å². The van der Waals surface area contributed by atoms with Crippen LogP contribution in [0.4, 0.5) is 8.78 Å². The molecule has 1 aromatic rings. The minimum Gasteiger partial charge on any atom is -0.384 e. The van der Waals surface area contributed by atoms with Crippen LogP contribution in [0.15, 0.2) is 12.3 Å². The Labute approximate surface area is 140 Å². The molecule has 1 fully saturated rings. The fourth-order valence-corrected chi connectivity index (χ4v) is 3.50. The van der Waals surface area contributed by atoms with Crippen LogP contribution in [0, 0.1) is 0 Å². The van der Waals surface area contributed by atoms with Crippen molar-refractivity contribution in [3.05, 3.63) is 18.0 Å². The van der Waals surface area contributed by atoms with E-state index in [1.54, 1.807) is 18.2 Å².